The minimum Gasteiger partial charge on any atom is -0.497 e. The number of carbonyl (C=O) groups excluding carboxylic acids is 1. The molecule has 1 aliphatic rings. The van der Waals surface area contributed by atoms with Gasteiger partial charge in [-0.25, -0.2) is 4.68 Å². The van der Waals surface area contributed by atoms with Crippen LogP contribution in [-0.4, -0.2) is 49.5 Å². The lowest BCUT2D eigenvalue weighted by atomic mass is 9.91. The number of benzene rings is 2. The molecule has 0 bridgehead atoms. The molecular formula is C27H35ClN4O3. The first kappa shape index (κ1) is 26.6. The summed E-state index contributed by atoms with van der Waals surface area (Å²) in [6, 6.07) is 12.1. The van der Waals surface area contributed by atoms with Crippen LogP contribution >= 0.6 is 12.4 Å². The van der Waals surface area contributed by atoms with E-state index in [4.69, 9.17) is 9.47 Å². The number of aromatic nitrogens is 2. The van der Waals surface area contributed by atoms with Crippen molar-refractivity contribution in [3.05, 3.63) is 70.5 Å². The molecule has 0 unspecified atom stereocenters. The first-order valence-corrected chi connectivity index (χ1v) is 11.9. The van der Waals surface area contributed by atoms with Gasteiger partial charge in [0.2, 0.25) is 0 Å². The molecular weight excluding hydrogens is 464 g/mol. The number of rotatable bonds is 8. The summed E-state index contributed by atoms with van der Waals surface area (Å²) in [6.45, 7) is 6.56. The Hall–Kier alpha value is -3.03. The summed E-state index contributed by atoms with van der Waals surface area (Å²) in [6.07, 6.45) is 4.33. The van der Waals surface area contributed by atoms with Crippen molar-refractivity contribution in [1.29, 1.82) is 0 Å². The summed E-state index contributed by atoms with van der Waals surface area (Å²) < 4.78 is 12.8. The molecule has 8 heteroatoms. The molecule has 2 aromatic carbocycles. The maximum absolute atomic E-state index is 13.3. The van der Waals surface area contributed by atoms with E-state index in [1.165, 1.54) is 5.56 Å². The fourth-order valence-electron chi connectivity index (χ4n) is 4.74. The van der Waals surface area contributed by atoms with Gasteiger partial charge in [-0.2, -0.15) is 5.10 Å². The Balaban J connectivity index is 0.00000342. The predicted molar refractivity (Wildman–Crippen MR) is 141 cm³/mol. The van der Waals surface area contributed by atoms with E-state index in [2.05, 4.69) is 47.8 Å². The molecule has 1 aliphatic heterocycles. The van der Waals surface area contributed by atoms with Crippen LogP contribution in [-0.2, 0) is 6.42 Å². The van der Waals surface area contributed by atoms with Crippen LogP contribution in [0.5, 0.6) is 11.5 Å². The number of amides is 1. The highest BCUT2D eigenvalue weighted by Crippen LogP contribution is 2.31. The fourth-order valence-corrected chi connectivity index (χ4v) is 4.74. The number of piperidine rings is 1. The lowest BCUT2D eigenvalue weighted by Gasteiger charge is -2.25. The molecule has 2 N–H and O–H groups in total. The zero-order valence-electron chi connectivity index (χ0n) is 20.9. The second kappa shape index (κ2) is 12.1. The molecule has 0 atom stereocenters. The van der Waals surface area contributed by atoms with Gasteiger partial charge in [-0.1, -0.05) is 17.7 Å². The van der Waals surface area contributed by atoms with Crippen LogP contribution in [0.3, 0.4) is 0 Å². The number of nitrogens with one attached hydrogen (secondary N) is 2. The van der Waals surface area contributed by atoms with E-state index in [1.807, 2.05) is 22.9 Å². The first-order valence-electron chi connectivity index (χ1n) is 11.9. The molecule has 1 fully saturated rings. The molecule has 1 aromatic heterocycles. The molecule has 0 radical (unpaired) electrons. The van der Waals surface area contributed by atoms with Crippen molar-refractivity contribution in [3.63, 3.8) is 0 Å². The minimum absolute atomic E-state index is 0. The zero-order chi connectivity index (χ0) is 24.1. The topological polar surface area (TPSA) is 77.4 Å². The highest BCUT2D eigenvalue weighted by atomic mass is 35.5. The van der Waals surface area contributed by atoms with Crippen LogP contribution in [0.15, 0.2) is 42.6 Å². The van der Waals surface area contributed by atoms with Gasteiger partial charge >= 0.3 is 0 Å². The molecule has 0 saturated carbocycles. The van der Waals surface area contributed by atoms with Gasteiger partial charge in [-0.15, -0.1) is 12.4 Å². The van der Waals surface area contributed by atoms with Gasteiger partial charge in [0, 0.05) is 12.5 Å². The molecule has 188 valence electrons. The third-order valence-electron chi connectivity index (χ3n) is 6.52. The smallest absolute Gasteiger partial charge is 0.254 e. The number of hydrogen-bond donors (Lipinski definition) is 2. The van der Waals surface area contributed by atoms with Gasteiger partial charge < -0.3 is 20.1 Å². The largest absolute Gasteiger partial charge is 0.497 e. The van der Waals surface area contributed by atoms with E-state index in [0.717, 1.165) is 59.9 Å². The van der Waals surface area contributed by atoms with Crippen LogP contribution in [0.25, 0.3) is 5.69 Å². The van der Waals surface area contributed by atoms with Gasteiger partial charge in [0.1, 0.15) is 11.5 Å². The second-order valence-electron chi connectivity index (χ2n) is 8.85. The monoisotopic (exact) mass is 498 g/mol. The molecule has 3 aromatic rings. The molecule has 1 saturated heterocycles. The van der Waals surface area contributed by atoms with E-state index in [9.17, 15) is 4.79 Å². The van der Waals surface area contributed by atoms with Crippen molar-refractivity contribution in [2.24, 2.45) is 0 Å². The number of nitrogens with zero attached hydrogens (tertiary/aromatic N) is 2. The van der Waals surface area contributed by atoms with E-state index in [0.29, 0.717) is 18.5 Å². The molecule has 4 rings (SSSR count). The van der Waals surface area contributed by atoms with Gasteiger partial charge in [0.25, 0.3) is 5.91 Å². The average Bonchev–Trinajstić information content (AvgIpc) is 3.29. The average molecular weight is 499 g/mol. The van der Waals surface area contributed by atoms with Crippen LogP contribution < -0.4 is 20.1 Å². The summed E-state index contributed by atoms with van der Waals surface area (Å²) in [5.74, 6) is 1.74. The van der Waals surface area contributed by atoms with Crippen molar-refractivity contribution in [3.8, 4) is 17.2 Å². The maximum atomic E-state index is 13.3. The quantitative estimate of drug-likeness (QED) is 0.482. The summed E-state index contributed by atoms with van der Waals surface area (Å²) in [5.41, 5.74) is 6.04. The van der Waals surface area contributed by atoms with E-state index in [-0.39, 0.29) is 24.2 Å². The Morgan fingerprint density at radius 1 is 1.11 bits per heavy atom. The number of carbonyl (C=O) groups is 1. The number of methoxy groups -OCH3 is 2. The van der Waals surface area contributed by atoms with E-state index < -0.39 is 0 Å². The second-order valence-corrected chi connectivity index (χ2v) is 8.85. The molecule has 1 amide bonds. The van der Waals surface area contributed by atoms with Crippen LogP contribution in [0.4, 0.5) is 0 Å². The van der Waals surface area contributed by atoms with Crippen molar-refractivity contribution in [2.75, 3.05) is 33.9 Å². The Labute approximate surface area is 213 Å². The normalized spacial score (nSPS) is 13.7. The molecule has 0 spiro atoms. The van der Waals surface area contributed by atoms with Crippen molar-refractivity contribution in [2.45, 2.75) is 39.0 Å². The lowest BCUT2D eigenvalue weighted by molar-refractivity contribution is 0.0952. The molecule has 0 aliphatic carbocycles. The maximum Gasteiger partial charge on any atom is 0.254 e. The van der Waals surface area contributed by atoms with Crippen LogP contribution in [0.2, 0.25) is 0 Å². The SMILES string of the molecule is COc1ccc(OC)c(CCNC(=O)c2cnn(-c3ccc(C)cc3C)c2C2CCNCC2)c1.Cl. The third-order valence-corrected chi connectivity index (χ3v) is 6.52. The van der Waals surface area contributed by atoms with Gasteiger partial charge in [-0.05, 0) is 81.6 Å². The van der Waals surface area contributed by atoms with Gasteiger partial charge in [0.05, 0.1) is 37.4 Å². The Bertz CT molecular complexity index is 1160. The molecule has 7 nitrogen and oxygen atoms in total. The van der Waals surface area contributed by atoms with Crippen molar-refractivity contribution in [1.82, 2.24) is 20.4 Å². The number of ether oxygens (including phenoxy) is 2. The number of halogens is 1. The van der Waals surface area contributed by atoms with Crippen molar-refractivity contribution < 1.29 is 14.3 Å². The van der Waals surface area contributed by atoms with E-state index in [1.54, 1.807) is 20.4 Å². The Kier molecular flexibility index (Phi) is 9.18. The van der Waals surface area contributed by atoms with Crippen LogP contribution in [0, 0.1) is 13.8 Å². The fraction of sp³-hybridized carbons (Fsp3) is 0.407. The summed E-state index contributed by atoms with van der Waals surface area (Å²) in [7, 11) is 3.29. The molecule has 2 heterocycles. The first-order chi connectivity index (χ1) is 16.5. The summed E-state index contributed by atoms with van der Waals surface area (Å²) in [4.78, 5) is 13.3. The standard InChI is InChI=1S/C27H34N4O3.ClH/c1-18-5-7-24(19(2)15-18)31-26(20-9-12-28-13-10-20)23(17-30-31)27(32)29-14-11-21-16-22(33-3)6-8-25(21)34-4;/h5-8,15-17,20,28H,9-14H2,1-4H3,(H,29,32);1H. The summed E-state index contributed by atoms with van der Waals surface area (Å²) in [5, 5.41) is 11.2. The highest BCUT2D eigenvalue weighted by Gasteiger charge is 2.27. The summed E-state index contributed by atoms with van der Waals surface area (Å²) >= 11 is 0. The Morgan fingerprint density at radius 2 is 1.89 bits per heavy atom. The minimum atomic E-state index is -0.0913. The highest BCUT2D eigenvalue weighted by molar-refractivity contribution is 5.95. The third kappa shape index (κ3) is 5.97. The number of aryl methyl sites for hydroxylation is 2. The zero-order valence-corrected chi connectivity index (χ0v) is 21.7. The van der Waals surface area contributed by atoms with E-state index >= 15 is 0 Å². The number of hydrogen-bond acceptors (Lipinski definition) is 5. The van der Waals surface area contributed by atoms with Crippen LogP contribution in [0.1, 0.15) is 51.5 Å². The lowest BCUT2D eigenvalue weighted by Crippen LogP contribution is -2.31. The Morgan fingerprint density at radius 3 is 2.57 bits per heavy atom. The van der Waals surface area contributed by atoms with Gasteiger partial charge in [-0.3, -0.25) is 4.79 Å². The predicted octanol–water partition coefficient (Wildman–Crippen LogP) is 4.37. The van der Waals surface area contributed by atoms with Gasteiger partial charge in [0.15, 0.2) is 0 Å². The van der Waals surface area contributed by atoms with Crippen molar-refractivity contribution >= 4 is 18.3 Å². The molecule has 35 heavy (non-hydrogen) atoms.